The molecule has 1 heterocycles. The maximum absolute atomic E-state index is 13.8. The van der Waals surface area contributed by atoms with E-state index in [1.807, 2.05) is 0 Å². The van der Waals surface area contributed by atoms with Crippen molar-refractivity contribution in [2.45, 2.75) is 0 Å². The molecule has 2 aromatic carbocycles. The Balaban J connectivity index is 2.12. The molecule has 23 heavy (non-hydrogen) atoms. The van der Waals surface area contributed by atoms with Crippen molar-refractivity contribution < 1.29 is 18.9 Å². The van der Waals surface area contributed by atoms with E-state index in [4.69, 9.17) is 0 Å². The highest BCUT2D eigenvalue weighted by Gasteiger charge is 2.31. The topological polar surface area (TPSA) is 81.8 Å². The van der Waals surface area contributed by atoms with Gasteiger partial charge in [0.25, 0.3) is 5.69 Å². The van der Waals surface area contributed by atoms with Crippen molar-refractivity contribution >= 4 is 23.4 Å². The summed E-state index contributed by atoms with van der Waals surface area (Å²) in [4.78, 5) is 27.0. The van der Waals surface area contributed by atoms with E-state index in [1.165, 1.54) is 42.5 Å². The number of nitrogens with zero attached hydrogens (tertiary/aromatic N) is 2. The van der Waals surface area contributed by atoms with Gasteiger partial charge in [0.05, 0.1) is 16.1 Å². The van der Waals surface area contributed by atoms with Gasteiger partial charge >= 0.3 is 5.97 Å². The first-order valence-corrected chi connectivity index (χ1v) is 6.57. The molecular weight excluding hydrogens is 303 g/mol. The summed E-state index contributed by atoms with van der Waals surface area (Å²) in [6.07, 6.45) is 1.26. The Morgan fingerprint density at radius 2 is 1.83 bits per heavy atom. The van der Waals surface area contributed by atoms with Crippen molar-refractivity contribution in [3.8, 4) is 0 Å². The monoisotopic (exact) mass is 312 g/mol. The number of halogens is 1. The second kappa shape index (κ2) is 5.80. The molecule has 0 atom stereocenters. The largest absolute Gasteiger partial charge is 0.368 e. The van der Waals surface area contributed by atoms with Crippen LogP contribution in [0.15, 0.2) is 59.3 Å². The lowest BCUT2D eigenvalue weighted by Gasteiger charge is -2.02. The Bertz CT molecular complexity index is 874. The molecule has 0 saturated heterocycles. The summed E-state index contributed by atoms with van der Waals surface area (Å²) >= 11 is 0. The second-order valence-corrected chi connectivity index (χ2v) is 4.67. The van der Waals surface area contributed by atoms with Crippen LogP contribution in [-0.4, -0.2) is 16.6 Å². The van der Waals surface area contributed by atoms with Crippen LogP contribution in [-0.2, 0) is 9.63 Å². The molecule has 0 N–H and O–H groups in total. The number of nitro groups is 1. The Labute approximate surface area is 129 Å². The minimum absolute atomic E-state index is 0.00514. The number of carbonyl (C=O) groups is 1. The number of hydrogen-bond donors (Lipinski definition) is 0. The number of hydrogen-bond acceptors (Lipinski definition) is 5. The first-order chi connectivity index (χ1) is 11.1. The van der Waals surface area contributed by atoms with Gasteiger partial charge in [-0.25, -0.2) is 9.18 Å². The molecule has 0 fully saturated rings. The molecule has 0 radical (unpaired) electrons. The number of benzene rings is 2. The standard InChI is InChI=1S/C16H9FN2O4/c17-13-7-3-1-5-10(13)9-12-15(18-23-16(12)20)11-6-2-4-8-14(11)19(21)22/h1-9H/b12-9-. The van der Waals surface area contributed by atoms with Crippen molar-refractivity contribution in [2.75, 3.05) is 0 Å². The van der Waals surface area contributed by atoms with Gasteiger partial charge in [-0.1, -0.05) is 35.5 Å². The average Bonchev–Trinajstić information content (AvgIpc) is 2.90. The van der Waals surface area contributed by atoms with Gasteiger partial charge in [-0.05, 0) is 18.2 Å². The molecule has 6 nitrogen and oxygen atoms in total. The number of rotatable bonds is 3. The third-order valence-electron chi connectivity index (χ3n) is 3.26. The Hall–Kier alpha value is -3.35. The maximum atomic E-state index is 13.8. The van der Waals surface area contributed by atoms with E-state index in [0.717, 1.165) is 0 Å². The van der Waals surface area contributed by atoms with E-state index in [2.05, 4.69) is 9.99 Å². The summed E-state index contributed by atoms with van der Waals surface area (Å²) in [6.45, 7) is 0. The minimum atomic E-state index is -0.790. The van der Waals surface area contributed by atoms with E-state index >= 15 is 0 Å². The molecule has 3 rings (SSSR count). The molecule has 0 bridgehead atoms. The highest BCUT2D eigenvalue weighted by molar-refractivity contribution is 6.32. The van der Waals surface area contributed by atoms with Gasteiger partial charge in [-0.15, -0.1) is 0 Å². The van der Waals surface area contributed by atoms with Gasteiger partial charge in [0, 0.05) is 11.6 Å². The fourth-order valence-electron chi connectivity index (χ4n) is 2.18. The van der Waals surface area contributed by atoms with E-state index in [1.54, 1.807) is 12.1 Å². The van der Waals surface area contributed by atoms with Crippen molar-refractivity contribution in [1.82, 2.24) is 0 Å². The van der Waals surface area contributed by atoms with Gasteiger partial charge in [0.1, 0.15) is 11.5 Å². The average molecular weight is 312 g/mol. The zero-order valence-corrected chi connectivity index (χ0v) is 11.6. The lowest BCUT2D eigenvalue weighted by Crippen LogP contribution is -2.09. The lowest BCUT2D eigenvalue weighted by molar-refractivity contribution is -0.385. The van der Waals surface area contributed by atoms with Gasteiger partial charge < -0.3 is 4.84 Å². The second-order valence-electron chi connectivity index (χ2n) is 4.67. The van der Waals surface area contributed by atoms with Crippen molar-refractivity contribution in [2.24, 2.45) is 5.16 Å². The summed E-state index contributed by atoms with van der Waals surface area (Å²) < 4.78 is 13.8. The summed E-state index contributed by atoms with van der Waals surface area (Å²) in [5.74, 6) is -1.32. The molecule has 0 aliphatic carbocycles. The molecule has 0 aromatic heterocycles. The van der Waals surface area contributed by atoms with Crippen LogP contribution >= 0.6 is 0 Å². The summed E-state index contributed by atoms with van der Waals surface area (Å²) in [6, 6.07) is 11.7. The molecule has 1 aliphatic heterocycles. The number of oxime groups is 1. The molecule has 0 unspecified atom stereocenters. The molecule has 0 saturated carbocycles. The maximum Gasteiger partial charge on any atom is 0.368 e. The molecule has 1 aliphatic rings. The van der Waals surface area contributed by atoms with Crippen LogP contribution in [0.5, 0.6) is 0 Å². The Kier molecular flexibility index (Phi) is 3.68. The highest BCUT2D eigenvalue weighted by atomic mass is 19.1. The Morgan fingerprint density at radius 3 is 2.57 bits per heavy atom. The van der Waals surface area contributed by atoms with Crippen molar-refractivity contribution in [3.05, 3.63) is 81.2 Å². The third kappa shape index (κ3) is 2.71. The highest BCUT2D eigenvalue weighted by Crippen LogP contribution is 2.27. The molecular formula is C16H9FN2O4. The zero-order valence-electron chi connectivity index (χ0n) is 11.6. The first kappa shape index (κ1) is 14.6. The fraction of sp³-hybridized carbons (Fsp3) is 0. The van der Waals surface area contributed by atoms with Gasteiger partial charge in [-0.3, -0.25) is 10.1 Å². The Morgan fingerprint density at radius 1 is 1.13 bits per heavy atom. The molecule has 0 spiro atoms. The van der Waals surface area contributed by atoms with E-state index in [9.17, 15) is 19.3 Å². The van der Waals surface area contributed by atoms with Crippen LogP contribution in [0.2, 0.25) is 0 Å². The van der Waals surface area contributed by atoms with Crippen LogP contribution < -0.4 is 0 Å². The van der Waals surface area contributed by atoms with Gasteiger partial charge in [0.2, 0.25) is 0 Å². The minimum Gasteiger partial charge on any atom is -0.312 e. The predicted octanol–water partition coefficient (Wildman–Crippen LogP) is 3.08. The quantitative estimate of drug-likeness (QED) is 0.377. The fourth-order valence-corrected chi connectivity index (χ4v) is 2.18. The number of para-hydroxylation sites is 1. The normalized spacial score (nSPS) is 15.4. The lowest BCUT2D eigenvalue weighted by atomic mass is 9.99. The van der Waals surface area contributed by atoms with Crippen LogP contribution in [0.4, 0.5) is 10.1 Å². The van der Waals surface area contributed by atoms with Gasteiger partial charge in [0.15, 0.2) is 0 Å². The molecule has 0 amide bonds. The van der Waals surface area contributed by atoms with E-state index in [-0.39, 0.29) is 28.1 Å². The van der Waals surface area contributed by atoms with E-state index in [0.29, 0.717) is 0 Å². The van der Waals surface area contributed by atoms with Crippen LogP contribution in [0.3, 0.4) is 0 Å². The summed E-state index contributed by atoms with van der Waals surface area (Å²) in [5.41, 5.74) is 0.0394. The SMILES string of the molecule is O=C1ON=C(c2ccccc2[N+](=O)[O-])/C1=C/c1ccccc1F. The van der Waals surface area contributed by atoms with Crippen molar-refractivity contribution in [1.29, 1.82) is 0 Å². The van der Waals surface area contributed by atoms with Gasteiger partial charge in [-0.2, -0.15) is 0 Å². The summed E-state index contributed by atoms with van der Waals surface area (Å²) in [5, 5.41) is 14.7. The van der Waals surface area contributed by atoms with E-state index < -0.39 is 16.7 Å². The third-order valence-corrected chi connectivity index (χ3v) is 3.26. The number of carbonyl (C=O) groups excluding carboxylic acids is 1. The van der Waals surface area contributed by atoms with Crippen LogP contribution in [0.1, 0.15) is 11.1 Å². The molecule has 2 aromatic rings. The molecule has 7 heteroatoms. The van der Waals surface area contributed by atoms with Crippen LogP contribution in [0.25, 0.3) is 6.08 Å². The summed E-state index contributed by atoms with van der Waals surface area (Å²) in [7, 11) is 0. The smallest absolute Gasteiger partial charge is 0.312 e. The first-order valence-electron chi connectivity index (χ1n) is 6.57. The number of nitro benzene ring substituents is 1. The zero-order chi connectivity index (χ0) is 16.4. The van der Waals surface area contributed by atoms with Crippen molar-refractivity contribution in [3.63, 3.8) is 0 Å². The molecule has 114 valence electrons. The predicted molar refractivity (Wildman–Crippen MR) is 80.1 cm³/mol. The van der Waals surface area contributed by atoms with Crippen LogP contribution in [0, 0.1) is 15.9 Å².